The Morgan fingerprint density at radius 2 is 1.80 bits per heavy atom. The van der Waals surface area contributed by atoms with Gasteiger partial charge in [0.15, 0.2) is 0 Å². The highest BCUT2D eigenvalue weighted by Crippen LogP contribution is 2.25. The predicted molar refractivity (Wildman–Crippen MR) is 122 cm³/mol. The van der Waals surface area contributed by atoms with Crippen LogP contribution < -0.4 is 10.2 Å². The second-order valence-electron chi connectivity index (χ2n) is 8.31. The molecule has 0 radical (unpaired) electrons. The zero-order chi connectivity index (χ0) is 20.3. The second-order valence-corrected chi connectivity index (χ2v) is 8.66. The van der Waals surface area contributed by atoms with Crippen LogP contribution in [0.5, 0.6) is 0 Å². The van der Waals surface area contributed by atoms with Crippen molar-refractivity contribution in [3.8, 4) is 0 Å². The van der Waals surface area contributed by atoms with Gasteiger partial charge in [0.25, 0.3) is 0 Å². The fourth-order valence-electron chi connectivity index (χ4n) is 4.36. The molecule has 6 nitrogen and oxygen atoms in total. The van der Waals surface area contributed by atoms with Crippen molar-refractivity contribution in [3.05, 3.63) is 53.3 Å². The van der Waals surface area contributed by atoms with E-state index in [0.29, 0.717) is 11.2 Å². The molecule has 0 bridgehead atoms. The Hall–Kier alpha value is -2.44. The lowest BCUT2D eigenvalue weighted by molar-refractivity contribution is 0.152. The maximum absolute atomic E-state index is 6.42. The van der Waals surface area contributed by atoms with E-state index < -0.39 is 0 Å². The molecule has 4 heterocycles. The van der Waals surface area contributed by atoms with Gasteiger partial charge in [0, 0.05) is 49.9 Å². The topological polar surface area (TPSA) is 57.2 Å². The van der Waals surface area contributed by atoms with Gasteiger partial charge in [0.2, 0.25) is 5.95 Å². The Balaban J connectivity index is 1.18. The Labute approximate surface area is 182 Å². The zero-order valence-electron chi connectivity index (χ0n) is 17.1. The number of nitrogens with one attached hydrogen (secondary N) is 1. The fraction of sp³-hybridized carbons (Fsp3) is 0.435. The Morgan fingerprint density at radius 3 is 2.63 bits per heavy atom. The van der Waals surface area contributed by atoms with Crippen LogP contribution in [-0.4, -0.2) is 52.1 Å². The summed E-state index contributed by atoms with van der Waals surface area (Å²) in [4.78, 5) is 18.5. The van der Waals surface area contributed by atoms with Gasteiger partial charge in [-0.2, -0.15) is 4.98 Å². The number of hydrogen-bond acceptors (Lipinski definition) is 6. The number of fused-ring (bicyclic) bond motifs is 1. The molecular formula is C23H27ClN6. The number of rotatable bonds is 5. The van der Waals surface area contributed by atoms with E-state index in [1.165, 1.54) is 25.7 Å². The molecule has 1 aromatic carbocycles. The number of hydrogen-bond donors (Lipinski definition) is 1. The van der Waals surface area contributed by atoms with E-state index in [1.54, 1.807) is 0 Å². The van der Waals surface area contributed by atoms with Crippen molar-refractivity contribution in [1.29, 1.82) is 0 Å². The van der Waals surface area contributed by atoms with Crippen LogP contribution in [0.2, 0.25) is 5.15 Å². The molecule has 2 aromatic heterocycles. The highest BCUT2D eigenvalue weighted by atomic mass is 35.5. The molecular weight excluding hydrogens is 396 g/mol. The van der Waals surface area contributed by atoms with Crippen LogP contribution in [0.1, 0.15) is 31.2 Å². The summed E-state index contributed by atoms with van der Waals surface area (Å²) in [5, 5.41) is 5.22. The summed E-state index contributed by atoms with van der Waals surface area (Å²) < 4.78 is 0. The molecule has 2 aliphatic heterocycles. The first kappa shape index (κ1) is 19.5. The molecule has 0 atom stereocenters. The van der Waals surface area contributed by atoms with Gasteiger partial charge in [0.1, 0.15) is 11.0 Å². The Morgan fingerprint density at radius 1 is 1.00 bits per heavy atom. The van der Waals surface area contributed by atoms with Crippen molar-refractivity contribution in [1.82, 2.24) is 19.9 Å². The molecule has 0 amide bonds. The van der Waals surface area contributed by atoms with Crippen LogP contribution in [0.3, 0.4) is 0 Å². The zero-order valence-corrected chi connectivity index (χ0v) is 17.9. The number of pyridine rings is 1. The quantitative estimate of drug-likeness (QED) is 0.616. The molecule has 3 aromatic rings. The van der Waals surface area contributed by atoms with Crippen LogP contribution in [0.15, 0.2) is 42.6 Å². The summed E-state index contributed by atoms with van der Waals surface area (Å²) in [6, 6.07) is 12.6. The minimum Gasteiger partial charge on any atom is -0.356 e. The number of benzene rings is 1. The van der Waals surface area contributed by atoms with Crippen molar-refractivity contribution in [3.63, 3.8) is 0 Å². The van der Waals surface area contributed by atoms with E-state index in [1.807, 2.05) is 30.5 Å². The number of para-hydroxylation sites is 1. The SMILES string of the molecule is Clc1nc2ccccc2cc1CN1CC(Nc2nccc(N3CCCCCC3)n2)C1. The van der Waals surface area contributed by atoms with Crippen molar-refractivity contribution >= 4 is 34.3 Å². The molecule has 30 heavy (non-hydrogen) atoms. The predicted octanol–water partition coefficient (Wildman–Crippen LogP) is 4.35. The highest BCUT2D eigenvalue weighted by Gasteiger charge is 2.28. The molecule has 0 spiro atoms. The van der Waals surface area contributed by atoms with Crippen LogP contribution in [0.4, 0.5) is 11.8 Å². The lowest BCUT2D eigenvalue weighted by Crippen LogP contribution is -2.54. The maximum Gasteiger partial charge on any atom is 0.224 e. The van der Waals surface area contributed by atoms with Gasteiger partial charge < -0.3 is 10.2 Å². The van der Waals surface area contributed by atoms with Crippen LogP contribution in [0.25, 0.3) is 10.9 Å². The summed E-state index contributed by atoms with van der Waals surface area (Å²) in [7, 11) is 0. The molecule has 2 fully saturated rings. The van der Waals surface area contributed by atoms with Gasteiger partial charge in [-0.15, -0.1) is 0 Å². The molecule has 1 N–H and O–H groups in total. The molecule has 0 unspecified atom stereocenters. The van der Waals surface area contributed by atoms with E-state index in [-0.39, 0.29) is 0 Å². The Bertz CT molecular complexity index is 1010. The van der Waals surface area contributed by atoms with Gasteiger partial charge >= 0.3 is 0 Å². The first-order valence-corrected chi connectivity index (χ1v) is 11.2. The van der Waals surface area contributed by atoms with Crippen molar-refractivity contribution in [2.24, 2.45) is 0 Å². The number of halogens is 1. The van der Waals surface area contributed by atoms with E-state index in [0.717, 1.165) is 61.0 Å². The number of likely N-dealkylation sites (tertiary alicyclic amines) is 1. The van der Waals surface area contributed by atoms with Crippen molar-refractivity contribution in [2.45, 2.75) is 38.3 Å². The number of nitrogens with zero attached hydrogens (tertiary/aromatic N) is 5. The standard InChI is InChI=1S/C23H27ClN6/c24-22-18(13-17-7-3-4-8-20(17)27-22)14-29-15-19(16-29)26-23-25-10-9-21(28-23)30-11-5-1-2-6-12-30/h3-4,7-10,13,19H,1-2,5-6,11-12,14-16H2,(H,25,26,28). The smallest absolute Gasteiger partial charge is 0.224 e. The summed E-state index contributed by atoms with van der Waals surface area (Å²) in [6.45, 7) is 4.88. The number of anilines is 2. The van der Waals surface area contributed by atoms with Crippen molar-refractivity contribution < 1.29 is 0 Å². The van der Waals surface area contributed by atoms with Crippen LogP contribution >= 0.6 is 11.6 Å². The van der Waals surface area contributed by atoms with E-state index >= 15 is 0 Å². The molecule has 0 aliphatic carbocycles. The van der Waals surface area contributed by atoms with Gasteiger partial charge in [-0.25, -0.2) is 9.97 Å². The van der Waals surface area contributed by atoms with Gasteiger partial charge in [-0.1, -0.05) is 42.6 Å². The Kier molecular flexibility index (Phi) is 5.69. The van der Waals surface area contributed by atoms with Gasteiger partial charge in [0.05, 0.1) is 11.6 Å². The average molecular weight is 423 g/mol. The highest BCUT2D eigenvalue weighted by molar-refractivity contribution is 6.30. The van der Waals surface area contributed by atoms with E-state index in [9.17, 15) is 0 Å². The normalized spacial score (nSPS) is 18.2. The van der Waals surface area contributed by atoms with Crippen LogP contribution in [-0.2, 0) is 6.54 Å². The summed E-state index contributed by atoms with van der Waals surface area (Å²) >= 11 is 6.42. The lowest BCUT2D eigenvalue weighted by atomic mass is 10.1. The second kappa shape index (κ2) is 8.74. The molecule has 0 saturated carbocycles. The molecule has 5 rings (SSSR count). The third-order valence-corrected chi connectivity index (χ3v) is 6.33. The average Bonchev–Trinajstić information content (AvgIpc) is 3.02. The minimum atomic E-state index is 0.358. The molecule has 7 heteroatoms. The van der Waals surface area contributed by atoms with E-state index in [4.69, 9.17) is 16.6 Å². The number of aromatic nitrogens is 3. The third-order valence-electron chi connectivity index (χ3n) is 6.01. The third kappa shape index (κ3) is 4.35. The first-order chi connectivity index (χ1) is 14.7. The first-order valence-electron chi connectivity index (χ1n) is 10.9. The van der Waals surface area contributed by atoms with E-state index in [2.05, 4.69) is 37.2 Å². The molecule has 156 valence electrons. The summed E-state index contributed by atoms with van der Waals surface area (Å²) in [5.41, 5.74) is 2.02. The van der Waals surface area contributed by atoms with Crippen LogP contribution in [0, 0.1) is 0 Å². The van der Waals surface area contributed by atoms with Crippen molar-refractivity contribution in [2.75, 3.05) is 36.4 Å². The molecule has 2 aliphatic rings. The minimum absolute atomic E-state index is 0.358. The lowest BCUT2D eigenvalue weighted by Gasteiger charge is -2.39. The molecule has 2 saturated heterocycles. The summed E-state index contributed by atoms with van der Waals surface area (Å²) in [6.07, 6.45) is 7.00. The summed E-state index contributed by atoms with van der Waals surface area (Å²) in [5.74, 6) is 1.77. The fourth-order valence-corrected chi connectivity index (χ4v) is 4.56. The maximum atomic E-state index is 6.42. The van der Waals surface area contributed by atoms with Gasteiger partial charge in [-0.3, -0.25) is 4.90 Å². The van der Waals surface area contributed by atoms with Gasteiger partial charge in [-0.05, 0) is 31.0 Å². The largest absolute Gasteiger partial charge is 0.356 e. The monoisotopic (exact) mass is 422 g/mol.